The van der Waals surface area contributed by atoms with Crippen LogP contribution in [-0.4, -0.2) is 28.3 Å². The summed E-state index contributed by atoms with van der Waals surface area (Å²) in [5.41, 5.74) is 2.94. The molecule has 0 saturated carbocycles. The first-order valence-electron chi connectivity index (χ1n) is 14.0. The summed E-state index contributed by atoms with van der Waals surface area (Å²) in [5, 5.41) is 0. The van der Waals surface area contributed by atoms with Gasteiger partial charge >= 0.3 is 0 Å². The Hall–Kier alpha value is -4.98. The van der Waals surface area contributed by atoms with E-state index < -0.39 is 19.7 Å². The molecule has 0 aliphatic heterocycles. The average molecular weight is 615 g/mol. The number of hydrogen-bond donors (Lipinski definition) is 0. The van der Waals surface area contributed by atoms with Crippen LogP contribution in [0, 0.1) is 47.4 Å². The SMILES string of the molecule is O=S(=O)(CC#Cc1ccccc1C#CCCCCC#Cc1ccccc1C#CCS(=O)(=O)c1ccccc1)c1ccccc1. The highest BCUT2D eigenvalue weighted by Crippen LogP contribution is 2.12. The van der Waals surface area contributed by atoms with Gasteiger partial charge < -0.3 is 0 Å². The van der Waals surface area contributed by atoms with Crippen LogP contribution >= 0.6 is 0 Å². The van der Waals surface area contributed by atoms with Crippen molar-refractivity contribution in [2.75, 3.05) is 11.5 Å². The van der Waals surface area contributed by atoms with E-state index in [2.05, 4.69) is 47.4 Å². The van der Waals surface area contributed by atoms with Gasteiger partial charge in [-0.3, -0.25) is 0 Å². The predicted octanol–water partition coefficient (Wildman–Crippen LogP) is 6.30. The molecule has 0 radical (unpaired) electrons. The van der Waals surface area contributed by atoms with E-state index >= 15 is 0 Å². The molecule has 0 heterocycles. The number of unbranched alkanes of at least 4 members (excludes halogenated alkanes) is 3. The molecule has 0 aromatic heterocycles. The summed E-state index contributed by atoms with van der Waals surface area (Å²) in [7, 11) is -6.93. The Kier molecular flexibility index (Phi) is 11.6. The maximum atomic E-state index is 12.5. The summed E-state index contributed by atoms with van der Waals surface area (Å²) in [6, 6.07) is 31.5. The molecule has 0 aliphatic carbocycles. The average Bonchev–Trinajstić information content (AvgIpc) is 3.04. The fraction of sp³-hybridized carbons (Fsp3) is 0.158. The van der Waals surface area contributed by atoms with Gasteiger partial charge in [0, 0.05) is 35.1 Å². The van der Waals surface area contributed by atoms with E-state index in [0.717, 1.165) is 24.0 Å². The zero-order chi connectivity index (χ0) is 31.1. The lowest BCUT2D eigenvalue weighted by Gasteiger charge is -1.99. The monoisotopic (exact) mass is 614 g/mol. The second-order valence-corrected chi connectivity index (χ2v) is 13.6. The summed E-state index contributed by atoms with van der Waals surface area (Å²) < 4.78 is 49.9. The van der Waals surface area contributed by atoms with Crippen molar-refractivity contribution in [3.63, 3.8) is 0 Å². The van der Waals surface area contributed by atoms with E-state index in [9.17, 15) is 16.8 Å². The Morgan fingerprint density at radius 1 is 0.386 bits per heavy atom. The number of sulfone groups is 2. The highest BCUT2D eigenvalue weighted by molar-refractivity contribution is 7.92. The van der Waals surface area contributed by atoms with Crippen molar-refractivity contribution in [1.82, 2.24) is 0 Å². The molecule has 0 spiro atoms. The van der Waals surface area contributed by atoms with Gasteiger partial charge in [0.25, 0.3) is 0 Å². The van der Waals surface area contributed by atoms with Gasteiger partial charge in [-0.25, -0.2) is 16.8 Å². The van der Waals surface area contributed by atoms with Crippen LogP contribution < -0.4 is 0 Å². The fourth-order valence-corrected chi connectivity index (χ4v) is 6.02. The first kappa shape index (κ1) is 31.9. The van der Waals surface area contributed by atoms with E-state index in [4.69, 9.17) is 0 Å². The third-order valence-corrected chi connectivity index (χ3v) is 9.36. The third-order valence-electron chi connectivity index (χ3n) is 6.33. The topological polar surface area (TPSA) is 68.3 Å². The molecule has 0 unspecified atom stereocenters. The molecule has 218 valence electrons. The molecule has 0 aliphatic rings. The van der Waals surface area contributed by atoms with Gasteiger partial charge in [0.15, 0.2) is 19.7 Å². The minimum Gasteiger partial charge on any atom is -0.223 e. The Labute approximate surface area is 261 Å². The van der Waals surface area contributed by atoms with Crippen LogP contribution in [-0.2, 0) is 19.7 Å². The Bertz CT molecular complexity index is 1900. The van der Waals surface area contributed by atoms with Gasteiger partial charge in [-0.2, -0.15) is 0 Å². The lowest BCUT2D eigenvalue weighted by Crippen LogP contribution is -2.04. The molecule has 0 amide bonds. The third kappa shape index (κ3) is 9.80. The van der Waals surface area contributed by atoms with Gasteiger partial charge in [0.1, 0.15) is 11.5 Å². The van der Waals surface area contributed by atoms with Crippen molar-refractivity contribution in [2.45, 2.75) is 35.5 Å². The van der Waals surface area contributed by atoms with E-state index in [-0.39, 0.29) is 21.3 Å². The molecule has 0 fully saturated rings. The summed E-state index contributed by atoms with van der Waals surface area (Å²) in [4.78, 5) is 0.522. The van der Waals surface area contributed by atoms with Crippen LogP contribution in [0.5, 0.6) is 0 Å². The molecule has 0 saturated heterocycles. The van der Waals surface area contributed by atoms with E-state index in [1.165, 1.54) is 0 Å². The molecule has 4 nitrogen and oxygen atoms in total. The quantitative estimate of drug-likeness (QED) is 0.181. The lowest BCUT2D eigenvalue weighted by molar-refractivity contribution is 0.597. The maximum Gasteiger partial charge on any atom is 0.189 e. The second kappa shape index (κ2) is 16.0. The van der Waals surface area contributed by atoms with Crippen LogP contribution in [0.25, 0.3) is 0 Å². The Balaban J connectivity index is 1.27. The fourth-order valence-electron chi connectivity index (χ4n) is 4.02. The minimum absolute atomic E-state index is 0.257. The van der Waals surface area contributed by atoms with E-state index in [1.807, 2.05) is 48.5 Å². The first-order valence-corrected chi connectivity index (χ1v) is 17.3. The Morgan fingerprint density at radius 2 is 0.682 bits per heavy atom. The van der Waals surface area contributed by atoms with Crippen molar-refractivity contribution < 1.29 is 16.8 Å². The van der Waals surface area contributed by atoms with Gasteiger partial charge in [-0.05, 0) is 61.4 Å². The second-order valence-electron chi connectivity index (χ2n) is 9.65. The molecule has 0 bridgehead atoms. The highest BCUT2D eigenvalue weighted by atomic mass is 32.2. The number of benzene rings is 4. The van der Waals surface area contributed by atoms with Gasteiger partial charge in [0.2, 0.25) is 0 Å². The normalized spacial score (nSPS) is 10.5. The van der Waals surface area contributed by atoms with Crippen LogP contribution in [0.4, 0.5) is 0 Å². The summed E-state index contributed by atoms with van der Waals surface area (Å²) in [5.74, 6) is 23.7. The lowest BCUT2D eigenvalue weighted by atomic mass is 10.1. The number of hydrogen-bond acceptors (Lipinski definition) is 4. The highest BCUT2D eigenvalue weighted by Gasteiger charge is 2.12. The molecule has 4 aromatic rings. The molecule has 44 heavy (non-hydrogen) atoms. The summed E-state index contributed by atoms with van der Waals surface area (Å²) >= 11 is 0. The van der Waals surface area contributed by atoms with Crippen LogP contribution in [0.15, 0.2) is 119 Å². The van der Waals surface area contributed by atoms with Crippen molar-refractivity contribution in [3.8, 4) is 47.4 Å². The standard InChI is InChI=1S/C38H30O4S2/c39-43(40,37-27-9-5-10-28-37)31-17-25-35-23-15-13-21-33(35)19-7-3-1-2-4-8-20-34-22-14-16-24-36(34)26-18-32-44(41,42)38-29-11-6-12-30-38/h5-6,9-16,21-24,27-30H,1-4,31-32H2. The van der Waals surface area contributed by atoms with Gasteiger partial charge in [0.05, 0.1) is 9.79 Å². The first-order chi connectivity index (χ1) is 21.4. The van der Waals surface area contributed by atoms with Crippen LogP contribution in [0.2, 0.25) is 0 Å². The summed E-state index contributed by atoms with van der Waals surface area (Å²) in [6.45, 7) is 0. The molecular formula is C38H30O4S2. The van der Waals surface area contributed by atoms with Gasteiger partial charge in [-0.1, -0.05) is 108 Å². The predicted molar refractivity (Wildman–Crippen MR) is 176 cm³/mol. The summed E-state index contributed by atoms with van der Waals surface area (Å²) in [6.07, 6.45) is 3.15. The van der Waals surface area contributed by atoms with E-state index in [0.29, 0.717) is 24.0 Å². The molecular weight excluding hydrogens is 585 g/mol. The maximum absolute atomic E-state index is 12.5. The van der Waals surface area contributed by atoms with E-state index in [1.54, 1.807) is 60.7 Å². The van der Waals surface area contributed by atoms with Gasteiger partial charge in [-0.15, -0.1) is 0 Å². The molecule has 0 N–H and O–H groups in total. The zero-order valence-electron chi connectivity index (χ0n) is 24.1. The minimum atomic E-state index is -3.46. The van der Waals surface area contributed by atoms with Crippen molar-refractivity contribution in [1.29, 1.82) is 0 Å². The smallest absolute Gasteiger partial charge is 0.189 e. The van der Waals surface area contributed by atoms with Crippen molar-refractivity contribution >= 4 is 19.7 Å². The molecule has 4 rings (SSSR count). The Morgan fingerprint density at radius 3 is 1.02 bits per heavy atom. The number of rotatable bonds is 7. The zero-order valence-corrected chi connectivity index (χ0v) is 25.7. The molecule has 0 atom stereocenters. The van der Waals surface area contributed by atoms with Crippen molar-refractivity contribution in [3.05, 3.63) is 131 Å². The van der Waals surface area contributed by atoms with Crippen LogP contribution in [0.1, 0.15) is 47.9 Å². The molecule has 4 aromatic carbocycles. The molecule has 6 heteroatoms. The van der Waals surface area contributed by atoms with Crippen molar-refractivity contribution in [2.24, 2.45) is 0 Å². The van der Waals surface area contributed by atoms with Crippen LogP contribution in [0.3, 0.4) is 0 Å². The largest absolute Gasteiger partial charge is 0.223 e.